The molecular formula is C27H34N2O2. The first kappa shape index (κ1) is 20.6. The Balaban J connectivity index is 1.21. The van der Waals surface area contributed by atoms with E-state index < -0.39 is 0 Å². The highest BCUT2D eigenvalue weighted by Crippen LogP contribution is 2.31. The number of ether oxygens (including phenoxy) is 1. The standard InChI is InChI=1S/C27H34N2O2/c1-29(27(30)20-10-13-25(14-11-20)31-18-19-5-6-19)24-12-9-21-16-23(8-7-22(21)17-24)26-4-2-3-15-28-26/h7-8,10-11,13-14,16,19,24,26,28H,2-6,9,12,15,17-18H2,1H3/t24?,26-/m0/s1. The third kappa shape index (κ3) is 4.79. The van der Waals surface area contributed by atoms with Crippen LogP contribution in [-0.4, -0.2) is 37.0 Å². The summed E-state index contributed by atoms with van der Waals surface area (Å²) in [5, 5.41) is 3.66. The Bertz CT molecular complexity index is 913. The van der Waals surface area contributed by atoms with Crippen molar-refractivity contribution >= 4 is 5.91 Å². The summed E-state index contributed by atoms with van der Waals surface area (Å²) in [6.07, 6.45) is 9.43. The normalized spacial score (nSPS) is 23.1. The molecule has 2 aromatic carbocycles. The van der Waals surface area contributed by atoms with Gasteiger partial charge in [0, 0.05) is 24.7 Å². The second-order valence-corrected chi connectivity index (χ2v) is 9.62. The molecule has 5 rings (SSSR count). The van der Waals surface area contributed by atoms with Crippen molar-refractivity contribution in [2.75, 3.05) is 20.2 Å². The molecule has 1 unspecified atom stereocenters. The summed E-state index contributed by atoms with van der Waals surface area (Å²) in [4.78, 5) is 15.0. The Morgan fingerprint density at radius 3 is 2.61 bits per heavy atom. The molecule has 2 aliphatic carbocycles. The molecule has 0 spiro atoms. The molecule has 1 amide bonds. The van der Waals surface area contributed by atoms with E-state index in [-0.39, 0.29) is 11.9 Å². The smallest absolute Gasteiger partial charge is 0.253 e. The van der Waals surface area contributed by atoms with Crippen LogP contribution >= 0.6 is 0 Å². The van der Waals surface area contributed by atoms with Crippen LogP contribution in [0.2, 0.25) is 0 Å². The summed E-state index contributed by atoms with van der Waals surface area (Å²) in [5.41, 5.74) is 5.05. The van der Waals surface area contributed by atoms with Gasteiger partial charge in [0.15, 0.2) is 0 Å². The second-order valence-electron chi connectivity index (χ2n) is 9.62. The Morgan fingerprint density at radius 2 is 1.87 bits per heavy atom. The molecule has 2 aromatic rings. The van der Waals surface area contributed by atoms with Gasteiger partial charge in [0.1, 0.15) is 5.75 Å². The van der Waals surface area contributed by atoms with Gasteiger partial charge in [-0.25, -0.2) is 0 Å². The number of hydrogen-bond acceptors (Lipinski definition) is 3. The average molecular weight is 419 g/mol. The minimum atomic E-state index is 0.102. The maximum atomic E-state index is 13.1. The van der Waals surface area contributed by atoms with Crippen molar-refractivity contribution in [1.82, 2.24) is 10.2 Å². The number of hydrogen-bond donors (Lipinski definition) is 1. The zero-order valence-corrected chi connectivity index (χ0v) is 18.6. The van der Waals surface area contributed by atoms with Gasteiger partial charge in [0.25, 0.3) is 5.91 Å². The number of piperidine rings is 1. The maximum Gasteiger partial charge on any atom is 0.253 e. The molecule has 1 heterocycles. The fourth-order valence-electron chi connectivity index (χ4n) is 5.00. The van der Waals surface area contributed by atoms with Crippen LogP contribution in [0.25, 0.3) is 0 Å². The first-order chi connectivity index (χ1) is 15.2. The molecule has 164 valence electrons. The highest BCUT2D eigenvalue weighted by Gasteiger charge is 2.27. The topological polar surface area (TPSA) is 41.6 Å². The maximum absolute atomic E-state index is 13.1. The zero-order chi connectivity index (χ0) is 21.2. The zero-order valence-electron chi connectivity index (χ0n) is 18.6. The minimum absolute atomic E-state index is 0.102. The average Bonchev–Trinajstić information content (AvgIpc) is 3.67. The number of aryl methyl sites for hydroxylation is 1. The molecule has 2 atom stereocenters. The third-order valence-electron chi connectivity index (χ3n) is 7.30. The number of nitrogens with zero attached hydrogens (tertiary/aromatic N) is 1. The van der Waals surface area contributed by atoms with E-state index in [1.54, 1.807) is 0 Å². The number of nitrogens with one attached hydrogen (secondary N) is 1. The van der Waals surface area contributed by atoms with Crippen molar-refractivity contribution in [2.24, 2.45) is 5.92 Å². The summed E-state index contributed by atoms with van der Waals surface area (Å²) in [7, 11) is 1.95. The third-order valence-corrected chi connectivity index (χ3v) is 7.30. The van der Waals surface area contributed by atoms with Gasteiger partial charge in [-0.3, -0.25) is 4.79 Å². The molecule has 1 N–H and O–H groups in total. The van der Waals surface area contributed by atoms with Gasteiger partial charge in [-0.15, -0.1) is 0 Å². The highest BCUT2D eigenvalue weighted by atomic mass is 16.5. The van der Waals surface area contributed by atoms with Crippen LogP contribution in [0.5, 0.6) is 5.75 Å². The van der Waals surface area contributed by atoms with Crippen LogP contribution in [0.1, 0.15) is 71.6 Å². The lowest BCUT2D eigenvalue weighted by molar-refractivity contribution is 0.0719. The molecule has 2 fully saturated rings. The van der Waals surface area contributed by atoms with Crippen LogP contribution in [-0.2, 0) is 12.8 Å². The van der Waals surface area contributed by atoms with E-state index in [4.69, 9.17) is 4.74 Å². The molecule has 0 radical (unpaired) electrons. The fourth-order valence-corrected chi connectivity index (χ4v) is 5.00. The Morgan fingerprint density at radius 1 is 1.03 bits per heavy atom. The van der Waals surface area contributed by atoms with Crippen molar-refractivity contribution in [3.05, 3.63) is 64.7 Å². The predicted molar refractivity (Wildman–Crippen MR) is 124 cm³/mol. The van der Waals surface area contributed by atoms with E-state index in [0.717, 1.165) is 49.6 Å². The predicted octanol–water partition coefficient (Wildman–Crippen LogP) is 4.92. The van der Waals surface area contributed by atoms with E-state index in [2.05, 4.69) is 23.5 Å². The van der Waals surface area contributed by atoms with Gasteiger partial charge >= 0.3 is 0 Å². The quantitative estimate of drug-likeness (QED) is 0.724. The lowest BCUT2D eigenvalue weighted by Gasteiger charge is -2.33. The molecule has 0 bridgehead atoms. The first-order valence-corrected chi connectivity index (χ1v) is 12.0. The van der Waals surface area contributed by atoms with Crippen LogP contribution < -0.4 is 10.1 Å². The molecular weight excluding hydrogens is 384 g/mol. The van der Waals surface area contributed by atoms with E-state index in [1.165, 1.54) is 48.8 Å². The van der Waals surface area contributed by atoms with E-state index in [9.17, 15) is 4.79 Å². The number of likely N-dealkylation sites (N-methyl/N-ethyl adjacent to an activating group) is 1. The van der Waals surface area contributed by atoms with Crippen molar-refractivity contribution < 1.29 is 9.53 Å². The van der Waals surface area contributed by atoms with E-state index in [1.807, 2.05) is 36.2 Å². The van der Waals surface area contributed by atoms with Gasteiger partial charge in [0.05, 0.1) is 6.61 Å². The Hall–Kier alpha value is -2.33. The summed E-state index contributed by atoms with van der Waals surface area (Å²) in [6.45, 7) is 1.93. The molecule has 1 aliphatic heterocycles. The molecule has 1 saturated carbocycles. The largest absolute Gasteiger partial charge is 0.493 e. The molecule has 4 nitrogen and oxygen atoms in total. The molecule has 0 aromatic heterocycles. The summed E-state index contributed by atoms with van der Waals surface area (Å²) in [5.74, 6) is 1.70. The summed E-state index contributed by atoms with van der Waals surface area (Å²) < 4.78 is 5.80. The van der Waals surface area contributed by atoms with Gasteiger partial charge in [-0.05, 0) is 98.4 Å². The highest BCUT2D eigenvalue weighted by molar-refractivity contribution is 5.94. The van der Waals surface area contributed by atoms with Gasteiger partial charge in [-0.1, -0.05) is 24.6 Å². The molecule has 1 saturated heterocycles. The number of carbonyl (C=O) groups is 1. The Kier molecular flexibility index (Phi) is 5.99. The van der Waals surface area contributed by atoms with Crippen molar-refractivity contribution in [1.29, 1.82) is 0 Å². The lowest BCUT2D eigenvalue weighted by Crippen LogP contribution is -2.40. The SMILES string of the molecule is CN(C(=O)c1ccc(OCC2CC2)cc1)C1CCc2cc([C@@H]3CCCCN3)ccc2C1. The van der Waals surface area contributed by atoms with E-state index in [0.29, 0.717) is 6.04 Å². The van der Waals surface area contributed by atoms with Crippen LogP contribution in [0.4, 0.5) is 0 Å². The second kappa shape index (κ2) is 9.04. The Labute approximate surface area is 186 Å². The van der Waals surface area contributed by atoms with Gasteiger partial charge < -0.3 is 15.0 Å². The van der Waals surface area contributed by atoms with Crippen LogP contribution in [0, 0.1) is 5.92 Å². The number of carbonyl (C=O) groups excluding carboxylic acids is 1. The van der Waals surface area contributed by atoms with Crippen LogP contribution in [0.3, 0.4) is 0 Å². The number of rotatable bonds is 6. The summed E-state index contributed by atoms with van der Waals surface area (Å²) in [6, 6.07) is 15.5. The first-order valence-electron chi connectivity index (χ1n) is 12.0. The van der Waals surface area contributed by atoms with Crippen LogP contribution in [0.15, 0.2) is 42.5 Å². The lowest BCUT2D eigenvalue weighted by atomic mass is 9.84. The number of fused-ring (bicyclic) bond motifs is 1. The monoisotopic (exact) mass is 418 g/mol. The summed E-state index contributed by atoms with van der Waals surface area (Å²) >= 11 is 0. The van der Waals surface area contributed by atoms with Gasteiger partial charge in [-0.2, -0.15) is 0 Å². The van der Waals surface area contributed by atoms with Crippen molar-refractivity contribution in [3.8, 4) is 5.75 Å². The molecule has 4 heteroatoms. The molecule has 3 aliphatic rings. The van der Waals surface area contributed by atoms with Crippen molar-refractivity contribution in [2.45, 2.75) is 63.5 Å². The number of amides is 1. The fraction of sp³-hybridized carbons (Fsp3) is 0.519. The van der Waals surface area contributed by atoms with Gasteiger partial charge in [0.2, 0.25) is 0 Å². The van der Waals surface area contributed by atoms with E-state index >= 15 is 0 Å². The molecule has 31 heavy (non-hydrogen) atoms. The van der Waals surface area contributed by atoms with Crippen molar-refractivity contribution in [3.63, 3.8) is 0 Å². The number of benzene rings is 2. The minimum Gasteiger partial charge on any atom is -0.493 e.